The van der Waals surface area contributed by atoms with Crippen LogP contribution in [0.2, 0.25) is 0 Å². The third kappa shape index (κ3) is 9.74. The Kier molecular flexibility index (Phi) is 7.41. The Bertz CT molecular complexity index is 379. The Morgan fingerprint density at radius 1 is 1.06 bits per heavy atom. The lowest BCUT2D eigenvalue weighted by molar-refractivity contribution is -0.134. The summed E-state index contributed by atoms with van der Waals surface area (Å²) in [4.78, 5) is 19.1. The topological polar surface area (TPSA) is 83.8 Å². The van der Waals surface area contributed by atoms with Crippen molar-refractivity contribution in [1.29, 1.82) is 0 Å². The lowest BCUT2D eigenvalue weighted by Crippen LogP contribution is -1.91. The van der Waals surface area contributed by atoms with Crippen molar-refractivity contribution in [2.24, 2.45) is 0 Å². The van der Waals surface area contributed by atoms with Gasteiger partial charge in [-0.2, -0.15) is 0 Å². The highest BCUT2D eigenvalue weighted by Gasteiger charge is 1.88. The summed E-state index contributed by atoms with van der Waals surface area (Å²) in [7, 11) is 0. The quantitative estimate of drug-likeness (QED) is 0.616. The molecule has 5 nitrogen and oxygen atoms in total. The second kappa shape index (κ2) is 8.72. The van der Waals surface area contributed by atoms with Gasteiger partial charge >= 0.3 is 11.9 Å². The summed E-state index contributed by atoms with van der Waals surface area (Å²) in [6.07, 6.45) is 2.53. The van der Waals surface area contributed by atoms with Crippen molar-refractivity contribution in [3.63, 3.8) is 0 Å². The number of benzene rings is 1. The van der Waals surface area contributed by atoms with Crippen LogP contribution in [-0.2, 0) is 9.59 Å². The minimum absolute atomic E-state index is 0.558. The maximum atomic E-state index is 9.55. The minimum atomic E-state index is -1.26. The monoisotopic (exact) mass is 236 g/mol. The van der Waals surface area contributed by atoms with Crippen molar-refractivity contribution < 1.29 is 24.5 Å². The van der Waals surface area contributed by atoms with Gasteiger partial charge in [0, 0.05) is 12.2 Å². The first-order valence-corrected chi connectivity index (χ1v) is 4.52. The first-order chi connectivity index (χ1) is 8.06. The van der Waals surface area contributed by atoms with Gasteiger partial charge < -0.3 is 14.9 Å². The number of hydrogen-bond donors (Lipinski definition) is 2. The van der Waals surface area contributed by atoms with Crippen molar-refractivity contribution in [1.82, 2.24) is 0 Å². The third-order valence-electron chi connectivity index (χ3n) is 1.33. The highest BCUT2D eigenvalue weighted by atomic mass is 16.5. The molecule has 0 saturated carbocycles. The summed E-state index contributed by atoms with van der Waals surface area (Å²) in [6, 6.07) is 9.52. The van der Waals surface area contributed by atoms with Gasteiger partial charge in [-0.15, -0.1) is 0 Å². The van der Waals surface area contributed by atoms with Crippen LogP contribution < -0.4 is 4.74 Å². The molecular weight excluding hydrogens is 224 g/mol. The molecule has 1 rings (SSSR count). The van der Waals surface area contributed by atoms with E-state index in [4.69, 9.17) is 14.9 Å². The molecule has 0 unspecified atom stereocenters. The maximum absolute atomic E-state index is 9.55. The zero-order valence-electron chi connectivity index (χ0n) is 8.95. The molecule has 0 heterocycles. The van der Waals surface area contributed by atoms with Gasteiger partial charge in [-0.25, -0.2) is 9.59 Å². The molecule has 0 bridgehead atoms. The lowest BCUT2D eigenvalue weighted by Gasteiger charge is -1.95. The fourth-order valence-electron chi connectivity index (χ4n) is 0.738. The van der Waals surface area contributed by atoms with Crippen molar-refractivity contribution in [3.8, 4) is 5.75 Å². The normalized spacial score (nSPS) is 8.94. The second-order valence-corrected chi connectivity index (χ2v) is 2.61. The molecule has 0 saturated heterocycles. The van der Waals surface area contributed by atoms with Crippen molar-refractivity contribution >= 4 is 11.9 Å². The van der Waals surface area contributed by atoms with E-state index in [1.165, 1.54) is 6.26 Å². The van der Waals surface area contributed by atoms with Gasteiger partial charge in [0.1, 0.15) is 5.75 Å². The van der Waals surface area contributed by atoms with Crippen molar-refractivity contribution in [2.75, 3.05) is 0 Å². The molecule has 0 radical (unpaired) electrons. The number of carbonyl (C=O) groups is 2. The number of ether oxygens (including phenoxy) is 1. The molecule has 90 valence electrons. The van der Waals surface area contributed by atoms with E-state index < -0.39 is 11.9 Å². The molecule has 0 atom stereocenters. The number of para-hydroxylation sites is 1. The van der Waals surface area contributed by atoms with E-state index >= 15 is 0 Å². The molecule has 1 aromatic carbocycles. The standard InChI is InChI=1S/C8H8O.C4H4O4/c1-2-9-8-6-4-3-5-7-8;5-3(6)1-2-4(7)8/h2-7H,1H2;1-2H,(H,5,6)(H,7,8)/b;2-1-. The van der Waals surface area contributed by atoms with E-state index in [0.717, 1.165) is 5.75 Å². The van der Waals surface area contributed by atoms with Crippen molar-refractivity contribution in [2.45, 2.75) is 0 Å². The van der Waals surface area contributed by atoms with Gasteiger partial charge in [0.05, 0.1) is 6.26 Å². The molecular formula is C12H12O5. The summed E-state index contributed by atoms with van der Waals surface area (Å²) in [6.45, 7) is 3.43. The van der Waals surface area contributed by atoms with Crippen molar-refractivity contribution in [3.05, 3.63) is 55.3 Å². The highest BCUT2D eigenvalue weighted by Crippen LogP contribution is 2.07. The van der Waals surface area contributed by atoms with Crippen LogP contribution in [0.3, 0.4) is 0 Å². The average molecular weight is 236 g/mol. The van der Waals surface area contributed by atoms with E-state index in [1.54, 1.807) is 0 Å². The Hall–Kier alpha value is -2.56. The summed E-state index contributed by atoms with van der Waals surface area (Å²) in [5.74, 6) is -1.69. The smallest absolute Gasteiger partial charge is 0.328 e. The zero-order valence-corrected chi connectivity index (χ0v) is 8.95. The average Bonchev–Trinajstić information content (AvgIpc) is 2.29. The maximum Gasteiger partial charge on any atom is 0.328 e. The Morgan fingerprint density at radius 2 is 1.53 bits per heavy atom. The largest absolute Gasteiger partial charge is 0.478 e. The van der Waals surface area contributed by atoms with E-state index in [1.807, 2.05) is 30.3 Å². The zero-order chi connectivity index (χ0) is 13.1. The van der Waals surface area contributed by atoms with Gasteiger partial charge in [0.15, 0.2) is 0 Å². The van der Waals surface area contributed by atoms with E-state index in [0.29, 0.717) is 12.2 Å². The number of hydrogen-bond acceptors (Lipinski definition) is 3. The Balaban J connectivity index is 0.000000304. The number of aliphatic carboxylic acids is 2. The molecule has 0 aromatic heterocycles. The molecule has 0 aliphatic rings. The predicted molar refractivity (Wildman–Crippen MR) is 61.7 cm³/mol. The van der Waals surface area contributed by atoms with Crippen LogP contribution in [0, 0.1) is 0 Å². The van der Waals surface area contributed by atoms with Crippen LogP contribution in [0.4, 0.5) is 0 Å². The van der Waals surface area contributed by atoms with Gasteiger partial charge in [0.2, 0.25) is 0 Å². The van der Waals surface area contributed by atoms with Gasteiger partial charge in [-0.1, -0.05) is 24.8 Å². The van der Waals surface area contributed by atoms with Crippen LogP contribution in [0.25, 0.3) is 0 Å². The predicted octanol–water partition coefficient (Wildman–Crippen LogP) is 1.92. The van der Waals surface area contributed by atoms with E-state index in [-0.39, 0.29) is 0 Å². The molecule has 0 spiro atoms. The van der Waals surface area contributed by atoms with Crippen LogP contribution >= 0.6 is 0 Å². The minimum Gasteiger partial charge on any atom is -0.478 e. The van der Waals surface area contributed by atoms with Crippen LogP contribution in [0.15, 0.2) is 55.3 Å². The van der Waals surface area contributed by atoms with Crippen LogP contribution in [-0.4, -0.2) is 22.2 Å². The van der Waals surface area contributed by atoms with Crippen LogP contribution in [0.5, 0.6) is 5.75 Å². The highest BCUT2D eigenvalue weighted by molar-refractivity contribution is 5.89. The number of carboxylic acids is 2. The third-order valence-corrected chi connectivity index (χ3v) is 1.33. The van der Waals surface area contributed by atoms with Crippen LogP contribution in [0.1, 0.15) is 0 Å². The fourth-order valence-corrected chi connectivity index (χ4v) is 0.738. The Labute approximate surface area is 98.3 Å². The SMILES string of the molecule is C=COc1ccccc1.O=C(O)/C=C\C(=O)O. The summed E-state index contributed by atoms with van der Waals surface area (Å²) < 4.78 is 4.97. The van der Waals surface area contributed by atoms with Gasteiger partial charge in [-0.3, -0.25) is 0 Å². The fraction of sp³-hybridized carbons (Fsp3) is 0. The molecule has 1 aromatic rings. The molecule has 17 heavy (non-hydrogen) atoms. The molecule has 5 heteroatoms. The number of rotatable bonds is 4. The summed E-state index contributed by atoms with van der Waals surface area (Å²) in [5.41, 5.74) is 0. The first kappa shape index (κ1) is 14.4. The molecule has 0 aliphatic heterocycles. The second-order valence-electron chi connectivity index (χ2n) is 2.61. The molecule has 0 aliphatic carbocycles. The first-order valence-electron chi connectivity index (χ1n) is 4.52. The number of carboxylic acid groups (broad SMARTS) is 2. The molecule has 0 amide bonds. The summed E-state index contributed by atoms with van der Waals surface area (Å²) >= 11 is 0. The molecule has 0 fully saturated rings. The molecule has 2 N–H and O–H groups in total. The van der Waals surface area contributed by atoms with Gasteiger partial charge in [-0.05, 0) is 12.1 Å². The van der Waals surface area contributed by atoms with E-state index in [9.17, 15) is 9.59 Å². The summed E-state index contributed by atoms with van der Waals surface area (Å²) in [5, 5.41) is 15.6. The van der Waals surface area contributed by atoms with E-state index in [2.05, 4.69) is 6.58 Å². The van der Waals surface area contributed by atoms with Gasteiger partial charge in [0.25, 0.3) is 0 Å². The lowest BCUT2D eigenvalue weighted by atomic mass is 10.3. The Morgan fingerprint density at radius 3 is 1.88 bits per heavy atom.